The highest BCUT2D eigenvalue weighted by Gasteiger charge is 2.31. The molecular formula is C29H32F4OSi. The van der Waals surface area contributed by atoms with Crippen LogP contribution in [0.15, 0.2) is 66.7 Å². The van der Waals surface area contributed by atoms with Crippen molar-refractivity contribution in [2.75, 3.05) is 0 Å². The number of hydrogen-bond donors (Lipinski definition) is 0. The Balaban J connectivity index is 1.58. The largest absolute Gasteiger partial charge is 0.573 e. The molecule has 0 saturated carbocycles. The maximum absolute atomic E-state index is 15.2. The third-order valence-corrected chi connectivity index (χ3v) is 10.6. The second-order valence-corrected chi connectivity index (χ2v) is 13.0. The summed E-state index contributed by atoms with van der Waals surface area (Å²) in [7, 11) is -0.621. The SMILES string of the molecule is CCCCC[Si@H]1CC[C@H](c2cccc(-c3c(F)cccc3-c3cccc(OC(F)(F)F)c3)c2)CC1. The van der Waals surface area contributed by atoms with Crippen molar-refractivity contribution in [3.8, 4) is 28.0 Å². The highest BCUT2D eigenvalue weighted by molar-refractivity contribution is 6.59. The maximum atomic E-state index is 15.2. The van der Waals surface area contributed by atoms with Gasteiger partial charge >= 0.3 is 6.36 Å². The lowest BCUT2D eigenvalue weighted by molar-refractivity contribution is -0.274. The molecule has 3 aromatic rings. The molecule has 0 aliphatic carbocycles. The molecule has 35 heavy (non-hydrogen) atoms. The summed E-state index contributed by atoms with van der Waals surface area (Å²) in [6.45, 7) is 2.25. The van der Waals surface area contributed by atoms with E-state index < -0.39 is 21.0 Å². The number of halogens is 4. The molecule has 0 unspecified atom stereocenters. The van der Waals surface area contributed by atoms with Gasteiger partial charge in [-0.25, -0.2) is 4.39 Å². The van der Waals surface area contributed by atoms with Crippen LogP contribution in [0.5, 0.6) is 5.75 Å². The van der Waals surface area contributed by atoms with Crippen LogP contribution < -0.4 is 4.74 Å². The number of unbranched alkanes of at least 4 members (excludes halogenated alkanes) is 2. The van der Waals surface area contributed by atoms with Gasteiger partial charge in [0.2, 0.25) is 0 Å². The molecule has 1 aliphatic heterocycles. The second kappa shape index (κ2) is 11.4. The standard InChI is InChI=1S/C29H32F4OSi/c1-2-3-4-16-35-17-14-21(15-18-35)22-8-5-10-24(19-22)28-26(12-7-13-27(28)30)23-9-6-11-25(20-23)34-29(31,32)33/h5-13,19-21,35H,2-4,14-18H2,1H3/t21-,35-. The molecule has 1 aliphatic rings. The zero-order valence-corrected chi connectivity index (χ0v) is 21.2. The molecule has 0 bridgehead atoms. The third kappa shape index (κ3) is 6.75. The van der Waals surface area contributed by atoms with Crippen molar-refractivity contribution in [1.82, 2.24) is 0 Å². The minimum atomic E-state index is -4.78. The Hall–Kier alpha value is -2.60. The lowest BCUT2D eigenvalue weighted by atomic mass is 9.88. The summed E-state index contributed by atoms with van der Waals surface area (Å²) in [5, 5.41) is 0. The fourth-order valence-corrected chi connectivity index (χ4v) is 8.81. The average molecular weight is 501 g/mol. The Morgan fingerprint density at radius 3 is 2.34 bits per heavy atom. The van der Waals surface area contributed by atoms with E-state index in [1.54, 1.807) is 18.2 Å². The zero-order valence-electron chi connectivity index (χ0n) is 20.1. The van der Waals surface area contributed by atoms with Crippen molar-refractivity contribution in [3.05, 3.63) is 78.1 Å². The van der Waals surface area contributed by atoms with Crippen molar-refractivity contribution < 1.29 is 22.3 Å². The number of alkyl halides is 3. The van der Waals surface area contributed by atoms with Gasteiger partial charge in [0.15, 0.2) is 0 Å². The summed E-state index contributed by atoms with van der Waals surface area (Å²) in [6, 6.07) is 22.7. The Morgan fingerprint density at radius 1 is 0.886 bits per heavy atom. The number of rotatable bonds is 8. The van der Waals surface area contributed by atoms with E-state index in [1.807, 2.05) is 12.1 Å². The van der Waals surface area contributed by atoms with Gasteiger partial charge in [0, 0.05) is 14.4 Å². The number of ether oxygens (including phenoxy) is 1. The quantitative estimate of drug-likeness (QED) is 0.170. The molecule has 0 aromatic heterocycles. The smallest absolute Gasteiger partial charge is 0.406 e. The van der Waals surface area contributed by atoms with Gasteiger partial charge in [-0.05, 0) is 59.2 Å². The van der Waals surface area contributed by atoms with E-state index in [9.17, 15) is 13.2 Å². The van der Waals surface area contributed by atoms with Gasteiger partial charge in [0.25, 0.3) is 0 Å². The van der Waals surface area contributed by atoms with E-state index in [4.69, 9.17) is 0 Å². The minimum absolute atomic E-state index is 0.321. The van der Waals surface area contributed by atoms with Gasteiger partial charge in [-0.1, -0.05) is 92.8 Å². The molecule has 1 saturated heterocycles. The van der Waals surface area contributed by atoms with Crippen LogP contribution >= 0.6 is 0 Å². The minimum Gasteiger partial charge on any atom is -0.406 e. The summed E-state index contributed by atoms with van der Waals surface area (Å²) in [5.74, 6) is -0.226. The van der Waals surface area contributed by atoms with Crippen molar-refractivity contribution in [1.29, 1.82) is 0 Å². The maximum Gasteiger partial charge on any atom is 0.573 e. The van der Waals surface area contributed by atoms with Crippen molar-refractivity contribution in [2.24, 2.45) is 0 Å². The van der Waals surface area contributed by atoms with E-state index in [0.717, 1.165) is 5.56 Å². The van der Waals surface area contributed by atoms with Crippen LogP contribution in [0.25, 0.3) is 22.3 Å². The normalized spacial score (nSPS) is 18.4. The summed E-state index contributed by atoms with van der Waals surface area (Å²) < 4.78 is 57.4. The first kappa shape index (κ1) is 25.5. The van der Waals surface area contributed by atoms with Crippen LogP contribution in [0.1, 0.15) is 50.5 Å². The van der Waals surface area contributed by atoms with Crippen molar-refractivity contribution in [2.45, 2.75) is 69.4 Å². The van der Waals surface area contributed by atoms with E-state index in [0.29, 0.717) is 22.6 Å². The predicted octanol–water partition coefficient (Wildman–Crippen LogP) is 9.35. The third-order valence-electron chi connectivity index (χ3n) is 7.10. The number of hydrogen-bond acceptors (Lipinski definition) is 1. The highest BCUT2D eigenvalue weighted by atomic mass is 28.3. The van der Waals surface area contributed by atoms with E-state index >= 15 is 4.39 Å². The lowest BCUT2D eigenvalue weighted by Crippen LogP contribution is -2.20. The average Bonchev–Trinajstić information content (AvgIpc) is 2.84. The van der Waals surface area contributed by atoms with E-state index in [1.165, 1.54) is 80.1 Å². The van der Waals surface area contributed by atoms with E-state index in [-0.39, 0.29) is 5.75 Å². The topological polar surface area (TPSA) is 9.23 Å². The molecular weight excluding hydrogens is 468 g/mol. The van der Waals surface area contributed by atoms with Crippen LogP contribution in [0.4, 0.5) is 17.6 Å². The Morgan fingerprint density at radius 2 is 1.60 bits per heavy atom. The van der Waals surface area contributed by atoms with Crippen molar-refractivity contribution >= 4 is 8.80 Å². The Bertz CT molecular complexity index is 1120. The number of benzene rings is 3. The molecule has 0 spiro atoms. The Labute approximate surface area is 206 Å². The van der Waals surface area contributed by atoms with Crippen LogP contribution in [0, 0.1) is 5.82 Å². The molecule has 0 radical (unpaired) electrons. The highest BCUT2D eigenvalue weighted by Crippen LogP contribution is 2.40. The molecule has 6 heteroatoms. The lowest BCUT2D eigenvalue weighted by Gasteiger charge is -2.28. The monoisotopic (exact) mass is 500 g/mol. The molecule has 1 heterocycles. The van der Waals surface area contributed by atoms with Gasteiger partial charge in [-0.2, -0.15) is 0 Å². The molecule has 1 nitrogen and oxygen atoms in total. The van der Waals surface area contributed by atoms with Gasteiger partial charge < -0.3 is 4.74 Å². The predicted molar refractivity (Wildman–Crippen MR) is 137 cm³/mol. The summed E-state index contributed by atoms with van der Waals surface area (Å²) in [5.41, 5.74) is 3.40. The molecule has 0 N–H and O–H groups in total. The Kier molecular flexibility index (Phi) is 8.32. The van der Waals surface area contributed by atoms with Gasteiger partial charge in [-0.3, -0.25) is 0 Å². The van der Waals surface area contributed by atoms with Gasteiger partial charge in [0.05, 0.1) is 0 Å². The zero-order chi connectivity index (χ0) is 24.8. The first-order valence-corrected chi connectivity index (χ1v) is 15.0. The van der Waals surface area contributed by atoms with Crippen LogP contribution in [0.2, 0.25) is 18.1 Å². The summed E-state index contributed by atoms with van der Waals surface area (Å²) >= 11 is 0. The molecule has 1 fully saturated rings. The molecule has 4 rings (SSSR count). The van der Waals surface area contributed by atoms with Crippen LogP contribution in [-0.4, -0.2) is 15.2 Å². The molecule has 0 amide bonds. The van der Waals surface area contributed by atoms with Crippen molar-refractivity contribution in [3.63, 3.8) is 0 Å². The summed E-state index contributed by atoms with van der Waals surface area (Å²) in [6.07, 6.45) is 1.61. The van der Waals surface area contributed by atoms with Crippen LogP contribution in [-0.2, 0) is 0 Å². The molecule has 186 valence electrons. The molecule has 3 aromatic carbocycles. The molecule has 0 atom stereocenters. The first-order chi connectivity index (χ1) is 16.8. The van der Waals surface area contributed by atoms with E-state index in [2.05, 4.69) is 23.8 Å². The fraction of sp³-hybridized carbons (Fsp3) is 0.379. The first-order valence-electron chi connectivity index (χ1n) is 12.6. The fourth-order valence-electron chi connectivity index (χ4n) is 5.33. The summed E-state index contributed by atoms with van der Waals surface area (Å²) in [4.78, 5) is 0. The second-order valence-electron chi connectivity index (χ2n) is 9.58. The van der Waals surface area contributed by atoms with Gasteiger partial charge in [0.1, 0.15) is 11.6 Å². The van der Waals surface area contributed by atoms with Gasteiger partial charge in [-0.15, -0.1) is 13.2 Å². The van der Waals surface area contributed by atoms with Crippen LogP contribution in [0.3, 0.4) is 0 Å².